The maximum atomic E-state index is 12.7. The first-order valence-corrected chi connectivity index (χ1v) is 8.81. The van der Waals surface area contributed by atoms with Crippen molar-refractivity contribution in [1.82, 2.24) is 4.98 Å². The van der Waals surface area contributed by atoms with E-state index in [9.17, 15) is 18.3 Å². The highest BCUT2D eigenvalue weighted by molar-refractivity contribution is 7.92. The van der Waals surface area contributed by atoms with E-state index in [4.69, 9.17) is 4.74 Å². The number of ether oxygens (including phenoxy) is 1. The monoisotopic (exact) mass is 348 g/mol. The van der Waals surface area contributed by atoms with Gasteiger partial charge in [0, 0.05) is 6.07 Å². The normalized spacial score (nSPS) is 13.4. The molecule has 1 aromatic heterocycles. The fourth-order valence-electron chi connectivity index (χ4n) is 2.80. The smallest absolute Gasteiger partial charge is 0.335 e. The number of nitrogens with zero attached hydrogens (tertiary/aromatic N) is 1. The second-order valence-electron chi connectivity index (χ2n) is 5.47. The summed E-state index contributed by atoms with van der Waals surface area (Å²) in [5, 5.41) is 9.21. The van der Waals surface area contributed by atoms with Crippen molar-refractivity contribution in [2.45, 2.75) is 24.2 Å². The van der Waals surface area contributed by atoms with Crippen molar-refractivity contribution >= 4 is 21.7 Å². The van der Waals surface area contributed by atoms with Crippen LogP contribution in [0.1, 0.15) is 27.9 Å². The zero-order chi connectivity index (χ0) is 17.3. The summed E-state index contributed by atoms with van der Waals surface area (Å²) in [6.07, 6.45) is 3.46. The van der Waals surface area contributed by atoms with Crippen LogP contribution in [-0.4, -0.2) is 31.6 Å². The maximum absolute atomic E-state index is 12.7. The molecular weight excluding hydrogens is 332 g/mol. The molecule has 2 aromatic rings. The summed E-state index contributed by atoms with van der Waals surface area (Å²) in [5.74, 6) is -0.779. The Bertz CT molecular complexity index is 891. The Balaban J connectivity index is 2.01. The number of hydrogen-bond donors (Lipinski definition) is 2. The molecule has 2 N–H and O–H groups in total. The van der Waals surface area contributed by atoms with Crippen molar-refractivity contribution in [3.8, 4) is 5.88 Å². The fraction of sp³-hybridized carbons (Fsp3) is 0.250. The largest absolute Gasteiger partial charge is 0.481 e. The third-order valence-electron chi connectivity index (χ3n) is 3.91. The first-order valence-electron chi connectivity index (χ1n) is 7.32. The van der Waals surface area contributed by atoms with E-state index in [1.807, 2.05) is 0 Å². The van der Waals surface area contributed by atoms with E-state index in [1.165, 1.54) is 31.5 Å². The minimum Gasteiger partial charge on any atom is -0.481 e. The van der Waals surface area contributed by atoms with Gasteiger partial charge in [0.25, 0.3) is 10.0 Å². The highest BCUT2D eigenvalue weighted by Gasteiger charge is 2.26. The van der Waals surface area contributed by atoms with Gasteiger partial charge in [0.15, 0.2) is 0 Å². The zero-order valence-electron chi connectivity index (χ0n) is 12.9. The van der Waals surface area contributed by atoms with Gasteiger partial charge in [-0.2, -0.15) is 0 Å². The maximum Gasteiger partial charge on any atom is 0.335 e. The van der Waals surface area contributed by atoms with E-state index in [-0.39, 0.29) is 16.1 Å². The number of aromatic nitrogens is 1. The molecule has 3 rings (SSSR count). The average molecular weight is 348 g/mol. The van der Waals surface area contributed by atoms with Crippen LogP contribution in [0.15, 0.2) is 35.4 Å². The average Bonchev–Trinajstić information content (AvgIpc) is 3.02. The Labute approximate surface area is 139 Å². The van der Waals surface area contributed by atoms with Gasteiger partial charge >= 0.3 is 5.97 Å². The zero-order valence-corrected chi connectivity index (χ0v) is 13.8. The number of nitrogens with one attached hydrogen (secondary N) is 1. The quantitative estimate of drug-likeness (QED) is 0.857. The van der Waals surface area contributed by atoms with Crippen LogP contribution in [0, 0.1) is 0 Å². The third-order valence-corrected chi connectivity index (χ3v) is 5.36. The third kappa shape index (κ3) is 3.05. The minimum absolute atomic E-state index is 0.0192. The van der Waals surface area contributed by atoms with Crippen LogP contribution in [0.3, 0.4) is 0 Å². The van der Waals surface area contributed by atoms with Gasteiger partial charge in [-0.25, -0.2) is 18.2 Å². The fourth-order valence-corrected chi connectivity index (χ4v) is 4.18. The molecule has 24 heavy (non-hydrogen) atoms. The summed E-state index contributed by atoms with van der Waals surface area (Å²) in [7, 11) is -2.44. The van der Waals surface area contributed by atoms with Gasteiger partial charge in [-0.05, 0) is 48.6 Å². The molecule has 8 heteroatoms. The lowest BCUT2D eigenvalue weighted by Gasteiger charge is -2.13. The Hall–Kier alpha value is -2.61. The first-order chi connectivity index (χ1) is 11.4. The Kier molecular flexibility index (Phi) is 4.15. The summed E-state index contributed by atoms with van der Waals surface area (Å²) in [5.41, 5.74) is 1.73. The van der Waals surface area contributed by atoms with Gasteiger partial charge in [-0.1, -0.05) is 0 Å². The SMILES string of the molecule is COc1ccc(NS(=O)(=O)c2cc(C(=O)O)cc3c2CCC3)cn1. The molecule has 1 aromatic carbocycles. The second kappa shape index (κ2) is 6.12. The lowest BCUT2D eigenvalue weighted by molar-refractivity contribution is 0.0696. The predicted molar refractivity (Wildman–Crippen MR) is 87.0 cm³/mol. The first kappa shape index (κ1) is 16.3. The van der Waals surface area contributed by atoms with E-state index in [1.54, 1.807) is 6.07 Å². The molecule has 0 atom stereocenters. The molecule has 7 nitrogen and oxygen atoms in total. The minimum atomic E-state index is -3.91. The van der Waals surface area contributed by atoms with Gasteiger partial charge < -0.3 is 9.84 Å². The van der Waals surface area contributed by atoms with Crippen molar-refractivity contribution in [2.24, 2.45) is 0 Å². The van der Waals surface area contributed by atoms with Crippen molar-refractivity contribution in [2.75, 3.05) is 11.8 Å². The molecular formula is C16H16N2O5S. The lowest BCUT2D eigenvalue weighted by atomic mass is 10.1. The van der Waals surface area contributed by atoms with Crippen LogP contribution in [0.5, 0.6) is 5.88 Å². The number of carboxylic acid groups (broad SMARTS) is 1. The van der Waals surface area contributed by atoms with Gasteiger partial charge in [0.2, 0.25) is 5.88 Å². The molecule has 0 bridgehead atoms. The Morgan fingerprint density at radius 2 is 2.08 bits per heavy atom. The van der Waals surface area contributed by atoms with Crippen LogP contribution in [0.4, 0.5) is 5.69 Å². The van der Waals surface area contributed by atoms with Crippen molar-refractivity contribution in [3.05, 3.63) is 47.2 Å². The molecule has 0 amide bonds. The molecule has 0 fully saturated rings. The molecule has 1 heterocycles. The molecule has 0 radical (unpaired) electrons. The summed E-state index contributed by atoms with van der Waals surface area (Å²) < 4.78 is 32.8. The van der Waals surface area contributed by atoms with Gasteiger partial charge in [0.1, 0.15) is 0 Å². The number of rotatable bonds is 5. The number of pyridine rings is 1. The molecule has 0 saturated carbocycles. The summed E-state index contributed by atoms with van der Waals surface area (Å²) >= 11 is 0. The van der Waals surface area contributed by atoms with Crippen molar-refractivity contribution < 1.29 is 23.1 Å². The van der Waals surface area contributed by atoms with Crippen LogP contribution in [0.25, 0.3) is 0 Å². The Morgan fingerprint density at radius 1 is 1.29 bits per heavy atom. The predicted octanol–water partition coefficient (Wildman–Crippen LogP) is 2.08. The van der Waals surface area contributed by atoms with Crippen molar-refractivity contribution in [1.29, 1.82) is 0 Å². The number of sulfonamides is 1. The number of carboxylic acids is 1. The number of carbonyl (C=O) groups is 1. The van der Waals surface area contributed by atoms with E-state index in [0.29, 0.717) is 24.3 Å². The van der Waals surface area contributed by atoms with Crippen LogP contribution >= 0.6 is 0 Å². The summed E-state index contributed by atoms with van der Waals surface area (Å²) in [6, 6.07) is 5.84. The van der Waals surface area contributed by atoms with Gasteiger partial charge in [0.05, 0.1) is 29.5 Å². The molecule has 126 valence electrons. The topological polar surface area (TPSA) is 106 Å². The summed E-state index contributed by atoms with van der Waals surface area (Å²) in [4.78, 5) is 15.2. The number of fused-ring (bicyclic) bond motifs is 1. The number of aryl methyl sites for hydroxylation is 1. The number of methoxy groups -OCH3 is 1. The van der Waals surface area contributed by atoms with Crippen LogP contribution in [-0.2, 0) is 22.9 Å². The number of anilines is 1. The van der Waals surface area contributed by atoms with Crippen molar-refractivity contribution in [3.63, 3.8) is 0 Å². The number of hydrogen-bond acceptors (Lipinski definition) is 5. The second-order valence-corrected chi connectivity index (χ2v) is 7.12. The van der Waals surface area contributed by atoms with Crippen LogP contribution < -0.4 is 9.46 Å². The molecule has 1 aliphatic rings. The standard InChI is InChI=1S/C16H16N2O5S/c1-23-15-6-5-12(9-17-15)18-24(21,22)14-8-11(16(19)20)7-10-3-2-4-13(10)14/h5-9,18H,2-4H2,1H3,(H,19,20). The number of benzene rings is 1. The highest BCUT2D eigenvalue weighted by Crippen LogP contribution is 2.31. The van der Waals surface area contributed by atoms with Gasteiger partial charge in [-0.3, -0.25) is 4.72 Å². The number of aromatic carboxylic acids is 1. The molecule has 0 saturated heterocycles. The molecule has 0 aliphatic heterocycles. The van der Waals surface area contributed by atoms with E-state index in [2.05, 4.69) is 9.71 Å². The van der Waals surface area contributed by atoms with Gasteiger partial charge in [-0.15, -0.1) is 0 Å². The van der Waals surface area contributed by atoms with Crippen LogP contribution in [0.2, 0.25) is 0 Å². The Morgan fingerprint density at radius 3 is 2.71 bits per heavy atom. The summed E-state index contributed by atoms with van der Waals surface area (Å²) in [6.45, 7) is 0. The van der Waals surface area contributed by atoms with E-state index in [0.717, 1.165) is 12.0 Å². The molecule has 0 unspecified atom stereocenters. The van der Waals surface area contributed by atoms with E-state index >= 15 is 0 Å². The lowest BCUT2D eigenvalue weighted by Crippen LogP contribution is -2.16. The van der Waals surface area contributed by atoms with E-state index < -0.39 is 16.0 Å². The highest BCUT2D eigenvalue weighted by atomic mass is 32.2. The molecule has 1 aliphatic carbocycles. The molecule has 0 spiro atoms.